The maximum absolute atomic E-state index is 13.2. The molecule has 0 saturated heterocycles. The van der Waals surface area contributed by atoms with Gasteiger partial charge in [-0.2, -0.15) is 0 Å². The van der Waals surface area contributed by atoms with Crippen LogP contribution in [0.2, 0.25) is 0 Å². The maximum atomic E-state index is 13.2. The van der Waals surface area contributed by atoms with Crippen LogP contribution in [0.15, 0.2) is 22.7 Å². The van der Waals surface area contributed by atoms with E-state index in [4.69, 9.17) is 0 Å². The van der Waals surface area contributed by atoms with Gasteiger partial charge in [0, 0.05) is 16.1 Å². The van der Waals surface area contributed by atoms with Crippen molar-refractivity contribution in [3.63, 3.8) is 0 Å². The highest BCUT2D eigenvalue weighted by Gasteiger charge is 2.42. The van der Waals surface area contributed by atoms with Gasteiger partial charge in [-0.05, 0) is 58.1 Å². The first-order chi connectivity index (χ1) is 9.49. The summed E-state index contributed by atoms with van der Waals surface area (Å²) in [4.78, 5) is 2.37. The molecule has 1 aromatic carbocycles. The fraction of sp³-hybridized carbons (Fsp3) is 0.625. The minimum absolute atomic E-state index is 0.190. The molecular weight excluding hydrogens is 319 g/mol. The topological polar surface area (TPSA) is 15.3 Å². The van der Waals surface area contributed by atoms with E-state index in [9.17, 15) is 4.39 Å². The average Bonchev–Trinajstić information content (AvgIpc) is 2.88. The summed E-state index contributed by atoms with van der Waals surface area (Å²) in [5.74, 6) is -0.190. The van der Waals surface area contributed by atoms with E-state index in [1.807, 2.05) is 13.1 Å². The van der Waals surface area contributed by atoms with Crippen LogP contribution in [-0.4, -0.2) is 37.6 Å². The van der Waals surface area contributed by atoms with Crippen LogP contribution in [0.1, 0.15) is 31.2 Å². The molecule has 2 rings (SSSR count). The second kappa shape index (κ2) is 6.54. The van der Waals surface area contributed by atoms with E-state index in [2.05, 4.69) is 40.2 Å². The van der Waals surface area contributed by atoms with Gasteiger partial charge < -0.3 is 10.2 Å². The molecule has 1 unspecified atom stereocenters. The highest BCUT2D eigenvalue weighted by Crippen LogP contribution is 2.38. The fourth-order valence-corrected chi connectivity index (χ4v) is 4.08. The molecule has 1 aromatic rings. The number of nitrogens with zero attached hydrogens (tertiary/aromatic N) is 1. The lowest BCUT2D eigenvalue weighted by Crippen LogP contribution is -2.57. The van der Waals surface area contributed by atoms with Gasteiger partial charge in [0.15, 0.2) is 0 Å². The van der Waals surface area contributed by atoms with Gasteiger partial charge in [0.05, 0.1) is 0 Å². The van der Waals surface area contributed by atoms with Crippen molar-refractivity contribution in [3.05, 3.63) is 34.1 Å². The Morgan fingerprint density at radius 2 is 2.00 bits per heavy atom. The maximum Gasteiger partial charge on any atom is 0.124 e. The van der Waals surface area contributed by atoms with Gasteiger partial charge in [0.25, 0.3) is 0 Å². The Balaban J connectivity index is 2.23. The van der Waals surface area contributed by atoms with Gasteiger partial charge in [-0.3, -0.25) is 0 Å². The molecule has 112 valence electrons. The molecule has 0 heterocycles. The molecule has 1 fully saturated rings. The van der Waals surface area contributed by atoms with Gasteiger partial charge in [0.2, 0.25) is 0 Å². The standard InChI is InChI=1S/C16H24BrFN2/c1-19-15(16(20(2)3)8-4-5-9-16)10-12-6-7-13(18)11-14(12)17/h6-7,11,15,19H,4-5,8-10H2,1-3H3. The summed E-state index contributed by atoms with van der Waals surface area (Å²) in [5.41, 5.74) is 1.38. The molecule has 1 N–H and O–H groups in total. The van der Waals surface area contributed by atoms with Crippen molar-refractivity contribution in [2.75, 3.05) is 21.1 Å². The second-order valence-corrected chi connectivity index (χ2v) is 6.84. The predicted octanol–water partition coefficient (Wildman–Crippen LogP) is 3.59. The largest absolute Gasteiger partial charge is 0.315 e. The van der Waals surface area contributed by atoms with Crippen LogP contribution in [0.4, 0.5) is 4.39 Å². The molecule has 1 aliphatic carbocycles. The van der Waals surface area contributed by atoms with Crippen molar-refractivity contribution in [1.82, 2.24) is 10.2 Å². The Morgan fingerprint density at radius 3 is 2.50 bits per heavy atom. The molecule has 1 aliphatic rings. The zero-order valence-electron chi connectivity index (χ0n) is 12.5. The number of nitrogens with one attached hydrogen (secondary N) is 1. The highest BCUT2D eigenvalue weighted by molar-refractivity contribution is 9.10. The summed E-state index contributed by atoms with van der Waals surface area (Å²) >= 11 is 3.49. The summed E-state index contributed by atoms with van der Waals surface area (Å²) in [5, 5.41) is 3.50. The first-order valence-electron chi connectivity index (χ1n) is 7.28. The van der Waals surface area contributed by atoms with Gasteiger partial charge in [0.1, 0.15) is 5.82 Å². The monoisotopic (exact) mass is 342 g/mol. The SMILES string of the molecule is CNC(Cc1ccc(F)cc1Br)C1(N(C)C)CCCC1. The molecule has 20 heavy (non-hydrogen) atoms. The molecular formula is C16H24BrFN2. The number of halogens is 2. The van der Waals surface area contributed by atoms with E-state index in [0.29, 0.717) is 6.04 Å². The Hall–Kier alpha value is -0.450. The fourth-order valence-electron chi connectivity index (χ4n) is 3.56. The highest BCUT2D eigenvalue weighted by atomic mass is 79.9. The lowest BCUT2D eigenvalue weighted by atomic mass is 9.83. The first kappa shape index (κ1) is 15.9. The van der Waals surface area contributed by atoms with E-state index < -0.39 is 0 Å². The van der Waals surface area contributed by atoms with Crippen LogP contribution >= 0.6 is 15.9 Å². The molecule has 0 aromatic heterocycles. The third kappa shape index (κ3) is 3.07. The minimum atomic E-state index is -0.190. The molecule has 0 aliphatic heterocycles. The average molecular weight is 343 g/mol. The van der Waals surface area contributed by atoms with Gasteiger partial charge in [-0.25, -0.2) is 4.39 Å². The lowest BCUT2D eigenvalue weighted by molar-refractivity contribution is 0.108. The van der Waals surface area contributed by atoms with Crippen LogP contribution < -0.4 is 5.32 Å². The molecule has 0 radical (unpaired) electrons. The third-order valence-electron chi connectivity index (χ3n) is 4.80. The van der Waals surface area contributed by atoms with Gasteiger partial charge >= 0.3 is 0 Å². The van der Waals surface area contributed by atoms with E-state index in [0.717, 1.165) is 10.9 Å². The first-order valence-corrected chi connectivity index (χ1v) is 8.07. The minimum Gasteiger partial charge on any atom is -0.315 e. The van der Waals surface area contributed by atoms with Crippen molar-refractivity contribution in [1.29, 1.82) is 0 Å². The number of likely N-dealkylation sites (N-methyl/N-ethyl adjacent to an activating group) is 2. The van der Waals surface area contributed by atoms with Crippen molar-refractivity contribution >= 4 is 15.9 Å². The molecule has 4 heteroatoms. The zero-order valence-corrected chi connectivity index (χ0v) is 14.1. The van der Waals surface area contributed by atoms with Gasteiger partial charge in [-0.15, -0.1) is 0 Å². The van der Waals surface area contributed by atoms with Crippen LogP contribution in [0, 0.1) is 5.82 Å². The van der Waals surface area contributed by atoms with E-state index >= 15 is 0 Å². The van der Waals surface area contributed by atoms with E-state index in [1.165, 1.54) is 31.2 Å². The van der Waals surface area contributed by atoms with Crippen molar-refractivity contribution in [2.24, 2.45) is 0 Å². The van der Waals surface area contributed by atoms with Crippen LogP contribution in [-0.2, 0) is 6.42 Å². The molecule has 0 amide bonds. The molecule has 1 saturated carbocycles. The molecule has 2 nitrogen and oxygen atoms in total. The van der Waals surface area contributed by atoms with Crippen molar-refractivity contribution in [3.8, 4) is 0 Å². The summed E-state index contributed by atoms with van der Waals surface area (Å²) in [6.45, 7) is 0. The Bertz CT molecular complexity index is 456. The molecule has 0 bridgehead atoms. The van der Waals surface area contributed by atoms with Crippen molar-refractivity contribution in [2.45, 2.75) is 43.7 Å². The quantitative estimate of drug-likeness (QED) is 0.879. The van der Waals surface area contributed by atoms with Crippen LogP contribution in [0.5, 0.6) is 0 Å². The normalized spacial score (nSPS) is 19.5. The third-order valence-corrected chi connectivity index (χ3v) is 5.53. The van der Waals surface area contributed by atoms with Gasteiger partial charge in [-0.1, -0.05) is 34.8 Å². The van der Waals surface area contributed by atoms with E-state index in [-0.39, 0.29) is 11.4 Å². The summed E-state index contributed by atoms with van der Waals surface area (Å²) < 4.78 is 14.1. The number of rotatable bonds is 5. The predicted molar refractivity (Wildman–Crippen MR) is 85.5 cm³/mol. The number of benzene rings is 1. The summed E-state index contributed by atoms with van der Waals surface area (Å²) in [6.07, 6.45) is 5.95. The molecule has 1 atom stereocenters. The number of hydrogen-bond donors (Lipinski definition) is 1. The summed E-state index contributed by atoms with van der Waals surface area (Å²) in [7, 11) is 6.39. The van der Waals surface area contributed by atoms with Crippen molar-refractivity contribution < 1.29 is 4.39 Å². The smallest absolute Gasteiger partial charge is 0.124 e. The summed E-state index contributed by atoms with van der Waals surface area (Å²) in [6, 6.07) is 5.37. The zero-order chi connectivity index (χ0) is 14.8. The Morgan fingerprint density at radius 1 is 1.35 bits per heavy atom. The number of hydrogen-bond acceptors (Lipinski definition) is 2. The molecule has 0 spiro atoms. The second-order valence-electron chi connectivity index (χ2n) is 5.99. The Kier molecular flexibility index (Phi) is 5.21. The van der Waals surface area contributed by atoms with Crippen LogP contribution in [0.3, 0.4) is 0 Å². The van der Waals surface area contributed by atoms with E-state index in [1.54, 1.807) is 12.1 Å². The Labute approximate surface area is 129 Å². The van der Waals surface area contributed by atoms with Crippen LogP contribution in [0.25, 0.3) is 0 Å². The lowest BCUT2D eigenvalue weighted by Gasteiger charge is -2.43.